The van der Waals surface area contributed by atoms with Crippen LogP contribution >= 0.6 is 0 Å². The summed E-state index contributed by atoms with van der Waals surface area (Å²) >= 11 is 0. The third-order valence-corrected chi connectivity index (χ3v) is 4.75. The van der Waals surface area contributed by atoms with Gasteiger partial charge in [-0.15, -0.1) is 5.10 Å². The van der Waals surface area contributed by atoms with Gasteiger partial charge in [-0.1, -0.05) is 0 Å². The Morgan fingerprint density at radius 2 is 2.07 bits per heavy atom. The zero-order chi connectivity index (χ0) is 18.6. The molecule has 0 unspecified atom stereocenters. The van der Waals surface area contributed by atoms with Crippen molar-refractivity contribution in [3.8, 4) is 0 Å². The van der Waals surface area contributed by atoms with Crippen LogP contribution in [0.25, 0.3) is 5.52 Å². The topological polar surface area (TPSA) is 103 Å². The molecule has 0 radical (unpaired) electrons. The van der Waals surface area contributed by atoms with Crippen LogP contribution in [0, 0.1) is 0 Å². The summed E-state index contributed by atoms with van der Waals surface area (Å²) in [5, 5.41) is 17.7. The Morgan fingerprint density at radius 3 is 2.78 bits per heavy atom. The first-order valence-corrected chi connectivity index (χ1v) is 9.32. The van der Waals surface area contributed by atoms with Crippen LogP contribution in [0.2, 0.25) is 0 Å². The van der Waals surface area contributed by atoms with Crippen molar-refractivity contribution in [2.45, 2.75) is 31.6 Å². The summed E-state index contributed by atoms with van der Waals surface area (Å²) < 4.78 is 1.89. The van der Waals surface area contributed by atoms with Crippen LogP contribution < -0.4 is 15.5 Å². The Hall–Kier alpha value is -3.10. The first-order chi connectivity index (χ1) is 13.3. The van der Waals surface area contributed by atoms with Crippen molar-refractivity contribution in [3.05, 3.63) is 30.1 Å². The fourth-order valence-electron chi connectivity index (χ4n) is 3.19. The average Bonchev–Trinajstić information content (AvgIpc) is 3.12. The van der Waals surface area contributed by atoms with Gasteiger partial charge < -0.3 is 15.5 Å². The number of hydrogen-bond donors (Lipinski definition) is 3. The lowest BCUT2D eigenvalue weighted by Gasteiger charge is -2.16. The van der Waals surface area contributed by atoms with E-state index in [9.17, 15) is 0 Å². The molecule has 0 atom stereocenters. The maximum absolute atomic E-state index is 9.06. The van der Waals surface area contributed by atoms with Crippen molar-refractivity contribution in [1.29, 1.82) is 0 Å². The van der Waals surface area contributed by atoms with Crippen molar-refractivity contribution in [2.75, 3.05) is 30.4 Å². The molecule has 3 aromatic rings. The van der Waals surface area contributed by atoms with Gasteiger partial charge in [-0.25, -0.2) is 4.52 Å². The summed E-state index contributed by atoms with van der Waals surface area (Å²) in [6.07, 6.45) is 7.52. The Labute approximate surface area is 157 Å². The summed E-state index contributed by atoms with van der Waals surface area (Å²) in [7, 11) is 1.56. The molecule has 2 fully saturated rings. The van der Waals surface area contributed by atoms with Gasteiger partial charge in [-0.2, -0.15) is 10.1 Å². The third kappa shape index (κ3) is 3.86. The molecule has 4 heterocycles. The van der Waals surface area contributed by atoms with E-state index >= 15 is 0 Å². The largest absolute Gasteiger partial charge is 0.362 e. The number of carbonyl (C=O) groups is 1. The lowest BCUT2D eigenvalue weighted by atomic mass is 10.3. The number of fused-ring (bicyclic) bond motifs is 1. The molecule has 1 amide bonds. The average molecular weight is 368 g/mol. The van der Waals surface area contributed by atoms with E-state index in [1.54, 1.807) is 7.05 Å². The molecule has 0 bridgehead atoms. The van der Waals surface area contributed by atoms with Crippen LogP contribution in [0.4, 0.5) is 17.6 Å². The lowest BCUT2D eigenvalue weighted by Crippen LogP contribution is -2.22. The first-order valence-electron chi connectivity index (χ1n) is 9.32. The lowest BCUT2D eigenvalue weighted by molar-refractivity contribution is -0.109. The van der Waals surface area contributed by atoms with Crippen molar-refractivity contribution in [2.24, 2.45) is 0 Å². The molecule has 0 aromatic carbocycles. The standard InChI is InChI=1S/C16H19N7.C2H5NO/c1-2-8-22(7-1)16-18-15(13-4-3-9-23(13)21-16)17-14-10-12(19-20-14)11-5-6-11;1-3-2-4/h3-4,9-11H,1-2,5-8H2,(H2,17,18,19,20,21);2H,1H3,(H,3,4). The maximum atomic E-state index is 9.06. The van der Waals surface area contributed by atoms with Gasteiger partial charge in [0, 0.05) is 44.0 Å². The van der Waals surface area contributed by atoms with Gasteiger partial charge in [0.15, 0.2) is 11.6 Å². The van der Waals surface area contributed by atoms with Gasteiger partial charge in [0.25, 0.3) is 0 Å². The van der Waals surface area contributed by atoms with E-state index in [2.05, 4.69) is 36.9 Å². The number of nitrogens with one attached hydrogen (secondary N) is 3. The maximum Gasteiger partial charge on any atom is 0.245 e. The second-order valence-electron chi connectivity index (χ2n) is 6.81. The van der Waals surface area contributed by atoms with E-state index in [1.807, 2.05) is 22.8 Å². The number of hydrogen-bond acceptors (Lipinski definition) is 6. The van der Waals surface area contributed by atoms with Gasteiger partial charge in [0.1, 0.15) is 5.52 Å². The van der Waals surface area contributed by atoms with Crippen LogP contribution in [0.1, 0.15) is 37.3 Å². The van der Waals surface area contributed by atoms with E-state index in [4.69, 9.17) is 9.78 Å². The molecule has 142 valence electrons. The second-order valence-corrected chi connectivity index (χ2v) is 6.81. The smallest absolute Gasteiger partial charge is 0.245 e. The molecule has 9 heteroatoms. The van der Waals surface area contributed by atoms with E-state index in [-0.39, 0.29) is 0 Å². The molecule has 2 aliphatic rings. The van der Waals surface area contributed by atoms with Crippen molar-refractivity contribution < 1.29 is 4.79 Å². The Balaban J connectivity index is 0.000000413. The fourth-order valence-corrected chi connectivity index (χ4v) is 3.19. The molecule has 5 rings (SSSR count). The number of aromatic amines is 1. The zero-order valence-electron chi connectivity index (χ0n) is 15.4. The molecule has 3 aromatic heterocycles. The van der Waals surface area contributed by atoms with Crippen LogP contribution in [-0.4, -0.2) is 51.3 Å². The first kappa shape index (κ1) is 17.3. The summed E-state index contributed by atoms with van der Waals surface area (Å²) in [5.74, 6) is 3.07. The van der Waals surface area contributed by atoms with Crippen LogP contribution in [-0.2, 0) is 4.79 Å². The minimum absolute atomic E-state index is 0.625. The summed E-state index contributed by atoms with van der Waals surface area (Å²) in [4.78, 5) is 16.1. The van der Waals surface area contributed by atoms with E-state index in [0.29, 0.717) is 12.3 Å². The number of carbonyl (C=O) groups excluding carboxylic acids is 1. The summed E-state index contributed by atoms with van der Waals surface area (Å²) in [6.45, 7) is 2.06. The molecule has 1 aliphatic heterocycles. The molecule has 27 heavy (non-hydrogen) atoms. The normalized spacial score (nSPS) is 16.1. The van der Waals surface area contributed by atoms with E-state index in [0.717, 1.165) is 36.2 Å². The molecule has 9 nitrogen and oxygen atoms in total. The van der Waals surface area contributed by atoms with E-state index in [1.165, 1.54) is 31.4 Å². The molecule has 0 spiro atoms. The van der Waals surface area contributed by atoms with Crippen LogP contribution in [0.5, 0.6) is 0 Å². The molecular formula is C18H24N8O. The van der Waals surface area contributed by atoms with Crippen molar-refractivity contribution >= 4 is 29.5 Å². The molecular weight excluding hydrogens is 344 g/mol. The highest BCUT2D eigenvalue weighted by atomic mass is 16.1. The minimum atomic E-state index is 0.625. The number of nitrogens with zero attached hydrogens (tertiary/aromatic N) is 5. The number of rotatable bonds is 5. The molecule has 1 saturated heterocycles. The summed E-state index contributed by atoms with van der Waals surface area (Å²) in [6, 6.07) is 6.10. The second kappa shape index (κ2) is 7.65. The minimum Gasteiger partial charge on any atom is -0.362 e. The van der Waals surface area contributed by atoms with Crippen LogP contribution in [0.15, 0.2) is 24.4 Å². The van der Waals surface area contributed by atoms with Gasteiger partial charge >= 0.3 is 0 Å². The molecule has 1 saturated carbocycles. The Bertz CT molecular complexity index is 907. The van der Waals surface area contributed by atoms with Gasteiger partial charge in [0.2, 0.25) is 12.4 Å². The number of aromatic nitrogens is 5. The third-order valence-electron chi connectivity index (χ3n) is 4.75. The highest BCUT2D eigenvalue weighted by Crippen LogP contribution is 2.39. The van der Waals surface area contributed by atoms with Crippen LogP contribution in [0.3, 0.4) is 0 Å². The van der Waals surface area contributed by atoms with E-state index < -0.39 is 0 Å². The zero-order valence-corrected chi connectivity index (χ0v) is 15.4. The Morgan fingerprint density at radius 1 is 1.30 bits per heavy atom. The summed E-state index contributed by atoms with van der Waals surface area (Å²) in [5.41, 5.74) is 2.18. The van der Waals surface area contributed by atoms with Crippen molar-refractivity contribution in [3.63, 3.8) is 0 Å². The molecule has 3 N–H and O–H groups in total. The monoisotopic (exact) mass is 368 g/mol. The predicted molar refractivity (Wildman–Crippen MR) is 103 cm³/mol. The molecule has 1 aliphatic carbocycles. The predicted octanol–water partition coefficient (Wildman–Crippen LogP) is 2.04. The van der Waals surface area contributed by atoms with Gasteiger partial charge in [-0.05, 0) is 37.8 Å². The highest BCUT2D eigenvalue weighted by molar-refractivity contribution is 5.73. The SMILES string of the molecule is CNC=O.c1cc2c(Nc3cc(C4CC4)[nH]n3)nc(N3CCCC3)nn2c1. The Kier molecular flexibility index (Phi) is 4.91. The fraction of sp³-hybridized carbons (Fsp3) is 0.444. The van der Waals surface area contributed by atoms with Gasteiger partial charge in [-0.3, -0.25) is 9.89 Å². The van der Waals surface area contributed by atoms with Gasteiger partial charge in [0.05, 0.1) is 0 Å². The van der Waals surface area contributed by atoms with Crippen molar-refractivity contribution in [1.82, 2.24) is 30.1 Å². The highest BCUT2D eigenvalue weighted by Gasteiger charge is 2.25. The number of anilines is 3. The quantitative estimate of drug-likeness (QED) is 0.596. The number of amides is 1. The number of H-pyrrole nitrogens is 1.